The highest BCUT2D eigenvalue weighted by atomic mass is 19.1. The molecule has 36 heavy (non-hydrogen) atoms. The molecule has 3 fully saturated rings. The highest BCUT2D eigenvalue weighted by Gasteiger charge is 2.64. The van der Waals surface area contributed by atoms with Crippen molar-refractivity contribution in [1.82, 2.24) is 19.6 Å². The lowest BCUT2D eigenvalue weighted by Gasteiger charge is -2.32. The van der Waals surface area contributed by atoms with Gasteiger partial charge in [-0.1, -0.05) is 0 Å². The Kier molecular flexibility index (Phi) is 4.79. The number of nitrogens with zero attached hydrogens (tertiary/aromatic N) is 6. The second-order valence-electron chi connectivity index (χ2n) is 10.0. The number of halogens is 2. The first-order valence-electron chi connectivity index (χ1n) is 12.4. The van der Waals surface area contributed by atoms with Crippen LogP contribution in [0.25, 0.3) is 16.9 Å². The molecule has 0 amide bonds. The standard InChI is InChI=1S/C27H26F2N6O/c1-17-16-33(10-11-36-17)20-3-5-24(30-14-20)21-15-31-35-9-7-25(32-26(21)35)34-8-6-18-13-27(18,34)22-12-19(28)2-4-23(22)29/h2-5,7,9,12,14-15,17-18H,6,8,10-11,13,16H2,1H3/t17-,18+,27-/m1/s1. The van der Waals surface area contributed by atoms with Gasteiger partial charge in [0.15, 0.2) is 5.65 Å². The van der Waals surface area contributed by atoms with E-state index in [0.717, 1.165) is 55.2 Å². The molecule has 5 heterocycles. The number of rotatable bonds is 4. The Balaban J connectivity index is 1.23. The second kappa shape index (κ2) is 7.96. The first-order chi connectivity index (χ1) is 17.5. The minimum Gasteiger partial charge on any atom is -0.375 e. The van der Waals surface area contributed by atoms with Gasteiger partial charge in [0.2, 0.25) is 0 Å². The Bertz CT molecular complexity index is 1460. The molecule has 3 aromatic heterocycles. The number of piperidine rings is 1. The molecule has 0 spiro atoms. The molecular formula is C27H26F2N6O. The van der Waals surface area contributed by atoms with Crippen LogP contribution in [0, 0.1) is 17.6 Å². The molecule has 1 aliphatic carbocycles. The summed E-state index contributed by atoms with van der Waals surface area (Å²) in [6.45, 7) is 5.22. The summed E-state index contributed by atoms with van der Waals surface area (Å²) >= 11 is 0. The molecule has 0 N–H and O–H groups in total. The molecule has 1 saturated carbocycles. The lowest BCUT2D eigenvalue weighted by molar-refractivity contribution is 0.0532. The minimum absolute atomic E-state index is 0.196. The monoisotopic (exact) mass is 488 g/mol. The zero-order valence-electron chi connectivity index (χ0n) is 19.9. The smallest absolute Gasteiger partial charge is 0.166 e. The second-order valence-corrected chi connectivity index (χ2v) is 10.0. The van der Waals surface area contributed by atoms with Crippen LogP contribution in [0.3, 0.4) is 0 Å². The van der Waals surface area contributed by atoms with Gasteiger partial charge < -0.3 is 14.5 Å². The zero-order valence-corrected chi connectivity index (χ0v) is 19.9. The number of benzene rings is 1. The summed E-state index contributed by atoms with van der Waals surface area (Å²) in [7, 11) is 0. The molecule has 7 nitrogen and oxygen atoms in total. The Hall–Kier alpha value is -3.59. The van der Waals surface area contributed by atoms with Gasteiger partial charge in [0, 0.05) is 31.4 Å². The van der Waals surface area contributed by atoms with Crippen molar-refractivity contribution in [2.24, 2.45) is 5.92 Å². The number of fused-ring (bicyclic) bond motifs is 2. The van der Waals surface area contributed by atoms with Gasteiger partial charge >= 0.3 is 0 Å². The van der Waals surface area contributed by atoms with Crippen molar-refractivity contribution in [2.45, 2.75) is 31.4 Å². The first-order valence-corrected chi connectivity index (χ1v) is 12.4. The summed E-state index contributed by atoms with van der Waals surface area (Å²) in [6, 6.07) is 9.72. The molecule has 9 heteroatoms. The maximum absolute atomic E-state index is 14.8. The van der Waals surface area contributed by atoms with Crippen LogP contribution < -0.4 is 9.80 Å². The van der Waals surface area contributed by atoms with Gasteiger partial charge in [0.25, 0.3) is 0 Å². The average molecular weight is 489 g/mol. The fraction of sp³-hybridized carbons (Fsp3) is 0.370. The maximum atomic E-state index is 14.8. The first kappa shape index (κ1) is 21.7. The summed E-state index contributed by atoms with van der Waals surface area (Å²) in [4.78, 5) is 14.1. The van der Waals surface area contributed by atoms with Crippen molar-refractivity contribution in [3.05, 3.63) is 72.2 Å². The number of morpholine rings is 1. The van der Waals surface area contributed by atoms with E-state index >= 15 is 0 Å². The lowest BCUT2D eigenvalue weighted by Crippen LogP contribution is -2.41. The molecule has 0 bridgehead atoms. The Morgan fingerprint density at radius 2 is 2.00 bits per heavy atom. The summed E-state index contributed by atoms with van der Waals surface area (Å²) in [5.41, 5.74) is 3.26. The van der Waals surface area contributed by atoms with Gasteiger partial charge in [0.1, 0.15) is 17.5 Å². The fourth-order valence-corrected chi connectivity index (χ4v) is 6.07. The highest BCUT2D eigenvalue weighted by molar-refractivity contribution is 5.76. The minimum atomic E-state index is -0.535. The molecule has 7 rings (SSSR count). The number of aromatic nitrogens is 4. The van der Waals surface area contributed by atoms with Crippen molar-refractivity contribution in [2.75, 3.05) is 36.0 Å². The molecule has 1 aromatic carbocycles. The molecule has 3 atom stereocenters. The largest absolute Gasteiger partial charge is 0.375 e. The SMILES string of the molecule is C[C@@H]1CN(c2ccc(-c3cnn4ccc(N5CC[C@H]6C[C@]65c5cc(F)ccc5F)nc34)nc2)CCO1. The highest BCUT2D eigenvalue weighted by Crippen LogP contribution is 2.63. The third kappa shape index (κ3) is 3.29. The van der Waals surface area contributed by atoms with Gasteiger partial charge in [0.05, 0.1) is 47.6 Å². The molecule has 4 aromatic rings. The zero-order chi connectivity index (χ0) is 24.4. The van der Waals surface area contributed by atoms with E-state index < -0.39 is 11.4 Å². The summed E-state index contributed by atoms with van der Waals surface area (Å²) in [6.07, 6.45) is 7.46. The molecule has 184 valence electrons. The van der Waals surface area contributed by atoms with Crippen LogP contribution in [-0.2, 0) is 10.3 Å². The van der Waals surface area contributed by atoms with Crippen LogP contribution in [0.1, 0.15) is 25.3 Å². The van der Waals surface area contributed by atoms with Crippen LogP contribution in [0.15, 0.2) is 55.0 Å². The van der Waals surface area contributed by atoms with Gasteiger partial charge in [-0.3, -0.25) is 4.98 Å². The van der Waals surface area contributed by atoms with Crippen LogP contribution in [0.5, 0.6) is 0 Å². The van der Waals surface area contributed by atoms with Crippen LogP contribution in [-0.4, -0.2) is 51.9 Å². The van der Waals surface area contributed by atoms with Crippen molar-refractivity contribution in [3.63, 3.8) is 0 Å². The van der Waals surface area contributed by atoms with Gasteiger partial charge in [-0.15, -0.1) is 0 Å². The van der Waals surface area contributed by atoms with E-state index in [1.807, 2.05) is 24.5 Å². The van der Waals surface area contributed by atoms with Crippen molar-refractivity contribution in [1.29, 1.82) is 0 Å². The molecular weight excluding hydrogens is 462 g/mol. The summed E-state index contributed by atoms with van der Waals surface area (Å²) < 4.78 is 36.3. The predicted molar refractivity (Wildman–Crippen MR) is 132 cm³/mol. The van der Waals surface area contributed by atoms with Gasteiger partial charge in [-0.25, -0.2) is 18.3 Å². The summed E-state index contributed by atoms with van der Waals surface area (Å²) in [5, 5.41) is 4.47. The Morgan fingerprint density at radius 1 is 1.08 bits per heavy atom. The van der Waals surface area contributed by atoms with E-state index in [9.17, 15) is 8.78 Å². The van der Waals surface area contributed by atoms with E-state index in [0.29, 0.717) is 23.7 Å². The number of ether oxygens (including phenoxy) is 1. The van der Waals surface area contributed by atoms with E-state index in [-0.39, 0.29) is 11.9 Å². The number of anilines is 2. The van der Waals surface area contributed by atoms with Gasteiger partial charge in [-0.2, -0.15) is 5.10 Å². The Labute approximate surface area is 207 Å². The molecule has 0 radical (unpaired) electrons. The molecule has 3 aliphatic rings. The molecule has 0 unspecified atom stereocenters. The molecule has 2 saturated heterocycles. The normalized spacial score (nSPS) is 25.4. The number of pyridine rings is 1. The predicted octanol–water partition coefficient (Wildman–Crippen LogP) is 4.42. The van der Waals surface area contributed by atoms with E-state index in [1.165, 1.54) is 18.2 Å². The third-order valence-electron chi connectivity index (χ3n) is 7.91. The van der Waals surface area contributed by atoms with Crippen LogP contribution in [0.4, 0.5) is 20.3 Å². The summed E-state index contributed by atoms with van der Waals surface area (Å²) in [5.74, 6) is 0.261. The van der Waals surface area contributed by atoms with Crippen molar-refractivity contribution in [3.8, 4) is 11.3 Å². The van der Waals surface area contributed by atoms with Crippen molar-refractivity contribution < 1.29 is 13.5 Å². The number of hydrogen-bond donors (Lipinski definition) is 0. The molecule has 2 aliphatic heterocycles. The number of hydrogen-bond acceptors (Lipinski definition) is 6. The van der Waals surface area contributed by atoms with E-state index in [4.69, 9.17) is 14.7 Å². The van der Waals surface area contributed by atoms with Crippen LogP contribution >= 0.6 is 0 Å². The van der Waals surface area contributed by atoms with Gasteiger partial charge in [-0.05, 0) is 62.1 Å². The lowest BCUT2D eigenvalue weighted by atomic mass is 10.0. The quantitative estimate of drug-likeness (QED) is 0.424. The van der Waals surface area contributed by atoms with E-state index in [1.54, 1.807) is 10.7 Å². The van der Waals surface area contributed by atoms with E-state index in [2.05, 4.69) is 27.9 Å². The average Bonchev–Trinajstić information content (AvgIpc) is 3.27. The third-order valence-corrected chi connectivity index (χ3v) is 7.91. The van der Waals surface area contributed by atoms with Crippen molar-refractivity contribution >= 4 is 17.2 Å². The van der Waals surface area contributed by atoms with Crippen LogP contribution in [0.2, 0.25) is 0 Å². The topological polar surface area (TPSA) is 58.8 Å². The maximum Gasteiger partial charge on any atom is 0.166 e. The Morgan fingerprint density at radius 3 is 2.81 bits per heavy atom. The fourth-order valence-electron chi connectivity index (χ4n) is 6.07.